The number of hydrogen-bond donors (Lipinski definition) is 0. The zero-order valence-electron chi connectivity index (χ0n) is 13.8. The van der Waals surface area contributed by atoms with Gasteiger partial charge in [-0.2, -0.15) is 0 Å². The summed E-state index contributed by atoms with van der Waals surface area (Å²) in [6.45, 7) is 7.18. The van der Waals surface area contributed by atoms with Gasteiger partial charge >= 0.3 is 0 Å². The summed E-state index contributed by atoms with van der Waals surface area (Å²) in [5.74, 6) is 1.05. The molecule has 0 aliphatic heterocycles. The number of amides is 1. The normalized spacial score (nSPS) is 14.5. The van der Waals surface area contributed by atoms with Crippen LogP contribution >= 0.6 is 0 Å². The number of nitrogens with zero attached hydrogens (tertiary/aromatic N) is 1. The van der Waals surface area contributed by atoms with E-state index in [9.17, 15) is 4.79 Å². The Morgan fingerprint density at radius 3 is 2.24 bits per heavy atom. The van der Waals surface area contributed by atoms with Gasteiger partial charge in [-0.3, -0.25) is 4.79 Å². The fraction of sp³-hybridized carbons (Fsp3) is 0.632. The van der Waals surface area contributed by atoms with Crippen molar-refractivity contribution in [3.63, 3.8) is 0 Å². The Labute approximate surface area is 129 Å². The van der Waals surface area contributed by atoms with Gasteiger partial charge in [-0.25, -0.2) is 0 Å². The van der Waals surface area contributed by atoms with Crippen LogP contribution in [0.2, 0.25) is 0 Å². The molecule has 0 fully saturated rings. The van der Waals surface area contributed by atoms with E-state index in [1.54, 1.807) is 6.92 Å². The van der Waals surface area contributed by atoms with Gasteiger partial charge in [-0.1, -0.05) is 51.0 Å². The predicted molar refractivity (Wildman–Crippen MR) is 88.3 cm³/mol. The van der Waals surface area contributed by atoms with Crippen molar-refractivity contribution < 1.29 is 4.79 Å². The summed E-state index contributed by atoms with van der Waals surface area (Å²) in [5.41, 5.74) is 2.85. The molecule has 0 atom stereocenters. The van der Waals surface area contributed by atoms with Crippen molar-refractivity contribution in [1.82, 2.24) is 4.90 Å². The standard InChI is InChI=1S/C19H29NO/c1-4-16(5-2)9-8-12-20(15(3)21)19-13-17-10-6-7-11-18(17)14-19/h6-7,10-11,16,19H,4-5,8-9,12-14H2,1-3H3. The molecular formula is C19H29NO. The zero-order chi connectivity index (χ0) is 15.2. The van der Waals surface area contributed by atoms with Gasteiger partial charge in [0.15, 0.2) is 0 Å². The minimum absolute atomic E-state index is 0.234. The molecule has 0 heterocycles. The monoisotopic (exact) mass is 287 g/mol. The van der Waals surface area contributed by atoms with Crippen molar-refractivity contribution in [2.75, 3.05) is 6.54 Å². The molecule has 21 heavy (non-hydrogen) atoms. The molecule has 1 amide bonds. The van der Waals surface area contributed by atoms with Crippen LogP contribution in [0, 0.1) is 5.92 Å². The highest BCUT2D eigenvalue weighted by molar-refractivity contribution is 5.73. The van der Waals surface area contributed by atoms with Crippen LogP contribution in [0.1, 0.15) is 57.6 Å². The fourth-order valence-corrected chi connectivity index (χ4v) is 3.60. The Morgan fingerprint density at radius 1 is 1.19 bits per heavy atom. The molecule has 0 unspecified atom stereocenters. The second-order valence-electron chi connectivity index (χ2n) is 6.37. The van der Waals surface area contributed by atoms with E-state index in [0.717, 1.165) is 31.7 Å². The maximum atomic E-state index is 12.0. The summed E-state index contributed by atoms with van der Waals surface area (Å²) in [7, 11) is 0. The molecule has 1 aliphatic rings. The smallest absolute Gasteiger partial charge is 0.219 e. The molecule has 2 rings (SSSR count). The first-order chi connectivity index (χ1) is 10.2. The molecule has 0 bridgehead atoms. The van der Waals surface area contributed by atoms with Crippen LogP contribution in [0.15, 0.2) is 24.3 Å². The fourth-order valence-electron chi connectivity index (χ4n) is 3.60. The summed E-state index contributed by atoms with van der Waals surface area (Å²) >= 11 is 0. The van der Waals surface area contributed by atoms with Crippen molar-refractivity contribution in [2.24, 2.45) is 5.92 Å². The third-order valence-electron chi connectivity index (χ3n) is 5.04. The summed E-state index contributed by atoms with van der Waals surface area (Å²) < 4.78 is 0. The highest BCUT2D eigenvalue weighted by Gasteiger charge is 2.27. The van der Waals surface area contributed by atoms with E-state index >= 15 is 0 Å². The zero-order valence-corrected chi connectivity index (χ0v) is 13.8. The average Bonchev–Trinajstić information content (AvgIpc) is 2.90. The highest BCUT2D eigenvalue weighted by Crippen LogP contribution is 2.26. The van der Waals surface area contributed by atoms with Crippen molar-refractivity contribution in [2.45, 2.75) is 65.3 Å². The Balaban J connectivity index is 1.91. The molecule has 0 N–H and O–H groups in total. The van der Waals surface area contributed by atoms with Crippen molar-refractivity contribution >= 4 is 5.91 Å². The Hall–Kier alpha value is -1.31. The van der Waals surface area contributed by atoms with E-state index in [-0.39, 0.29) is 5.91 Å². The van der Waals surface area contributed by atoms with Gasteiger partial charge in [0.25, 0.3) is 0 Å². The molecule has 116 valence electrons. The minimum atomic E-state index is 0.234. The Morgan fingerprint density at radius 2 is 1.76 bits per heavy atom. The third-order valence-corrected chi connectivity index (χ3v) is 5.04. The minimum Gasteiger partial charge on any atom is -0.339 e. The molecule has 0 radical (unpaired) electrons. The highest BCUT2D eigenvalue weighted by atomic mass is 16.2. The van der Waals surface area contributed by atoms with Gasteiger partial charge in [-0.15, -0.1) is 0 Å². The topological polar surface area (TPSA) is 20.3 Å². The molecule has 2 heteroatoms. The first-order valence-corrected chi connectivity index (χ1v) is 8.49. The summed E-state index contributed by atoms with van der Waals surface area (Å²) in [5, 5.41) is 0. The molecular weight excluding hydrogens is 258 g/mol. The van der Waals surface area contributed by atoms with E-state index in [2.05, 4.69) is 43.0 Å². The number of rotatable bonds is 7. The van der Waals surface area contributed by atoms with Crippen LogP contribution in [0.25, 0.3) is 0 Å². The van der Waals surface area contributed by atoms with Gasteiger partial charge in [0, 0.05) is 19.5 Å². The summed E-state index contributed by atoms with van der Waals surface area (Å²) in [6, 6.07) is 9.00. The Kier molecular flexibility index (Phi) is 5.84. The van der Waals surface area contributed by atoms with Crippen LogP contribution in [-0.4, -0.2) is 23.4 Å². The van der Waals surface area contributed by atoms with Crippen LogP contribution in [0.5, 0.6) is 0 Å². The van der Waals surface area contributed by atoms with Crippen molar-refractivity contribution in [3.05, 3.63) is 35.4 Å². The van der Waals surface area contributed by atoms with Crippen LogP contribution in [-0.2, 0) is 17.6 Å². The van der Waals surface area contributed by atoms with Gasteiger partial charge in [0.1, 0.15) is 0 Å². The number of fused-ring (bicyclic) bond motifs is 1. The van der Waals surface area contributed by atoms with Gasteiger partial charge in [0.2, 0.25) is 5.91 Å². The molecule has 0 saturated carbocycles. The number of benzene rings is 1. The van der Waals surface area contributed by atoms with E-state index < -0.39 is 0 Å². The molecule has 0 saturated heterocycles. The second kappa shape index (κ2) is 7.63. The van der Waals surface area contributed by atoms with Crippen LogP contribution in [0.3, 0.4) is 0 Å². The van der Waals surface area contributed by atoms with Crippen LogP contribution < -0.4 is 0 Å². The second-order valence-corrected chi connectivity index (χ2v) is 6.37. The maximum absolute atomic E-state index is 12.0. The quantitative estimate of drug-likeness (QED) is 0.735. The third kappa shape index (κ3) is 4.09. The largest absolute Gasteiger partial charge is 0.339 e. The predicted octanol–water partition coefficient (Wildman–Crippen LogP) is 4.22. The van der Waals surface area contributed by atoms with E-state index in [1.165, 1.54) is 30.4 Å². The first-order valence-electron chi connectivity index (χ1n) is 8.49. The SMILES string of the molecule is CCC(CC)CCCN(C(C)=O)C1Cc2ccccc2C1. The van der Waals surface area contributed by atoms with E-state index in [0.29, 0.717) is 6.04 Å². The van der Waals surface area contributed by atoms with Gasteiger partial charge < -0.3 is 4.90 Å². The molecule has 2 nitrogen and oxygen atoms in total. The number of carbonyl (C=O) groups excluding carboxylic acids is 1. The van der Waals surface area contributed by atoms with Crippen molar-refractivity contribution in [1.29, 1.82) is 0 Å². The number of carbonyl (C=O) groups is 1. The lowest BCUT2D eigenvalue weighted by Crippen LogP contribution is -2.40. The summed E-state index contributed by atoms with van der Waals surface area (Å²) in [6.07, 6.45) is 6.95. The lowest BCUT2D eigenvalue weighted by Gasteiger charge is -2.28. The van der Waals surface area contributed by atoms with E-state index in [4.69, 9.17) is 0 Å². The molecule has 1 aromatic rings. The van der Waals surface area contributed by atoms with Gasteiger partial charge in [0.05, 0.1) is 0 Å². The summed E-state index contributed by atoms with van der Waals surface area (Å²) in [4.78, 5) is 14.1. The average molecular weight is 287 g/mol. The lowest BCUT2D eigenvalue weighted by atomic mass is 9.97. The number of hydrogen-bond acceptors (Lipinski definition) is 1. The molecule has 0 aromatic heterocycles. The lowest BCUT2D eigenvalue weighted by molar-refractivity contribution is -0.131. The van der Waals surface area contributed by atoms with Gasteiger partial charge in [-0.05, 0) is 42.7 Å². The molecule has 1 aromatic carbocycles. The Bertz CT molecular complexity index is 439. The maximum Gasteiger partial charge on any atom is 0.219 e. The first kappa shape index (κ1) is 16.1. The van der Waals surface area contributed by atoms with Crippen molar-refractivity contribution in [3.8, 4) is 0 Å². The molecule has 1 aliphatic carbocycles. The van der Waals surface area contributed by atoms with Crippen LogP contribution in [0.4, 0.5) is 0 Å². The molecule has 0 spiro atoms. The van der Waals surface area contributed by atoms with E-state index in [1.807, 2.05) is 0 Å².